The van der Waals surface area contributed by atoms with E-state index >= 15 is 0 Å². The van der Waals surface area contributed by atoms with Crippen molar-refractivity contribution in [3.05, 3.63) is 35.4 Å². The first-order valence-corrected chi connectivity index (χ1v) is 7.24. The van der Waals surface area contributed by atoms with Crippen LogP contribution >= 0.6 is 0 Å². The largest absolute Gasteiger partial charge is 0.393 e. The Morgan fingerprint density at radius 2 is 2.22 bits per heavy atom. The average molecular weight is 245 g/mol. The number of aliphatic hydroxyl groups is 1. The van der Waals surface area contributed by atoms with Crippen LogP contribution in [0, 0.1) is 0 Å². The van der Waals surface area contributed by atoms with Crippen molar-refractivity contribution < 1.29 is 5.11 Å². The number of rotatable bonds is 4. The minimum Gasteiger partial charge on any atom is -0.393 e. The van der Waals surface area contributed by atoms with Crippen molar-refractivity contribution in [3.8, 4) is 0 Å². The van der Waals surface area contributed by atoms with Crippen LogP contribution in [-0.2, 0) is 6.42 Å². The molecule has 3 rings (SSSR count). The van der Waals surface area contributed by atoms with Crippen LogP contribution in [0.5, 0.6) is 0 Å². The van der Waals surface area contributed by atoms with Crippen molar-refractivity contribution in [1.82, 2.24) is 4.90 Å². The Labute approximate surface area is 110 Å². The van der Waals surface area contributed by atoms with E-state index in [4.69, 9.17) is 0 Å². The molecule has 2 nitrogen and oxygen atoms in total. The molecule has 1 saturated heterocycles. The Kier molecular flexibility index (Phi) is 3.40. The van der Waals surface area contributed by atoms with E-state index in [0.29, 0.717) is 6.04 Å². The molecule has 3 atom stereocenters. The van der Waals surface area contributed by atoms with E-state index < -0.39 is 0 Å². The quantitative estimate of drug-likeness (QED) is 0.881. The normalized spacial score (nSPS) is 28.8. The van der Waals surface area contributed by atoms with E-state index in [1.165, 1.54) is 37.9 Å². The van der Waals surface area contributed by atoms with Gasteiger partial charge in [-0.2, -0.15) is 0 Å². The molecule has 1 aliphatic heterocycles. The highest BCUT2D eigenvalue weighted by Crippen LogP contribution is 2.37. The lowest BCUT2D eigenvalue weighted by Gasteiger charge is -2.36. The second-order valence-electron chi connectivity index (χ2n) is 5.98. The lowest BCUT2D eigenvalue weighted by atomic mass is 9.77. The molecule has 1 N–H and O–H groups in total. The number of likely N-dealkylation sites (tertiary alicyclic amines) is 1. The summed E-state index contributed by atoms with van der Waals surface area (Å²) < 4.78 is 0. The van der Waals surface area contributed by atoms with Crippen molar-refractivity contribution in [2.45, 2.75) is 50.7 Å². The third-order valence-electron chi connectivity index (χ3n) is 4.53. The number of hydrogen-bond donors (Lipinski definition) is 1. The predicted octanol–water partition coefficient (Wildman–Crippen LogP) is 2.56. The van der Waals surface area contributed by atoms with Crippen LogP contribution in [0.4, 0.5) is 0 Å². The Morgan fingerprint density at radius 1 is 1.39 bits per heavy atom. The predicted molar refractivity (Wildman–Crippen MR) is 73.8 cm³/mol. The molecule has 1 heterocycles. The molecule has 98 valence electrons. The van der Waals surface area contributed by atoms with Gasteiger partial charge in [-0.3, -0.25) is 4.90 Å². The van der Waals surface area contributed by atoms with Gasteiger partial charge in [-0.15, -0.1) is 0 Å². The number of hydrogen-bond acceptors (Lipinski definition) is 2. The fourth-order valence-electron chi connectivity index (χ4n) is 3.60. The summed E-state index contributed by atoms with van der Waals surface area (Å²) in [4.78, 5) is 2.60. The van der Waals surface area contributed by atoms with Crippen LogP contribution in [0.25, 0.3) is 0 Å². The second kappa shape index (κ2) is 5.02. The van der Waals surface area contributed by atoms with Crippen molar-refractivity contribution in [3.63, 3.8) is 0 Å². The maximum Gasteiger partial charge on any atom is 0.0527 e. The van der Waals surface area contributed by atoms with Crippen molar-refractivity contribution in [1.29, 1.82) is 0 Å². The minimum absolute atomic E-state index is 0.163. The van der Waals surface area contributed by atoms with Gasteiger partial charge in [0.2, 0.25) is 0 Å². The highest BCUT2D eigenvalue weighted by molar-refractivity contribution is 5.40. The third kappa shape index (κ3) is 2.32. The molecule has 2 heteroatoms. The maximum atomic E-state index is 9.57. The van der Waals surface area contributed by atoms with E-state index in [0.717, 1.165) is 12.3 Å². The maximum absolute atomic E-state index is 9.57. The van der Waals surface area contributed by atoms with Gasteiger partial charge >= 0.3 is 0 Å². The summed E-state index contributed by atoms with van der Waals surface area (Å²) in [6.45, 7) is 4.32. The summed E-state index contributed by atoms with van der Waals surface area (Å²) in [5.41, 5.74) is 3.09. The first kappa shape index (κ1) is 12.2. The molecule has 3 unspecified atom stereocenters. The van der Waals surface area contributed by atoms with E-state index in [1.54, 1.807) is 5.56 Å². The molecule has 0 amide bonds. The highest BCUT2D eigenvalue weighted by atomic mass is 16.3. The zero-order valence-corrected chi connectivity index (χ0v) is 11.2. The van der Waals surface area contributed by atoms with Gasteiger partial charge in [0.05, 0.1) is 6.10 Å². The Hall–Kier alpha value is -0.860. The molecule has 1 aromatic carbocycles. The van der Waals surface area contributed by atoms with Crippen molar-refractivity contribution in [2.24, 2.45) is 0 Å². The zero-order valence-electron chi connectivity index (χ0n) is 11.2. The summed E-state index contributed by atoms with van der Waals surface area (Å²) in [5, 5.41) is 9.57. The molecule has 0 spiro atoms. The molecule has 18 heavy (non-hydrogen) atoms. The van der Waals surface area contributed by atoms with Crippen LogP contribution in [0.3, 0.4) is 0 Å². The molecule has 0 radical (unpaired) electrons. The second-order valence-corrected chi connectivity index (χ2v) is 5.98. The molecule has 0 saturated carbocycles. The Balaban J connectivity index is 1.61. The molecule has 0 aromatic heterocycles. The number of aliphatic hydroxyl groups excluding tert-OH is 1. The van der Waals surface area contributed by atoms with Crippen LogP contribution < -0.4 is 0 Å². The summed E-state index contributed by atoms with van der Waals surface area (Å²) in [6.07, 6.45) is 4.58. The standard InChI is InChI=1S/C16H23NO/c1-12(18)9-15-6-4-8-17(15)11-14-10-13-5-2-3-7-16(13)14/h2-3,5,7,12,14-15,18H,4,6,8-11H2,1H3. The van der Waals surface area contributed by atoms with Gasteiger partial charge in [-0.1, -0.05) is 24.3 Å². The van der Waals surface area contributed by atoms with Crippen LogP contribution in [0.1, 0.15) is 43.2 Å². The summed E-state index contributed by atoms with van der Waals surface area (Å²) >= 11 is 0. The van der Waals surface area contributed by atoms with Crippen molar-refractivity contribution in [2.75, 3.05) is 13.1 Å². The molecule has 1 aromatic rings. The van der Waals surface area contributed by atoms with E-state index in [1.807, 2.05) is 6.92 Å². The average Bonchev–Trinajstić information content (AvgIpc) is 2.72. The monoisotopic (exact) mass is 245 g/mol. The summed E-state index contributed by atoms with van der Waals surface area (Å²) in [5.74, 6) is 0.732. The van der Waals surface area contributed by atoms with Gasteiger partial charge in [0.1, 0.15) is 0 Å². The molecular weight excluding hydrogens is 222 g/mol. The fourth-order valence-corrected chi connectivity index (χ4v) is 3.60. The first-order valence-electron chi connectivity index (χ1n) is 7.24. The highest BCUT2D eigenvalue weighted by Gasteiger charge is 2.32. The Bertz CT molecular complexity index is 415. The topological polar surface area (TPSA) is 23.5 Å². The van der Waals surface area contributed by atoms with Gasteiger partial charge in [0.15, 0.2) is 0 Å². The molecule has 0 bridgehead atoms. The Morgan fingerprint density at radius 3 is 3.00 bits per heavy atom. The van der Waals surface area contributed by atoms with E-state index in [-0.39, 0.29) is 6.10 Å². The molecule has 1 fully saturated rings. The molecule has 2 aliphatic rings. The lowest BCUT2D eigenvalue weighted by Crippen LogP contribution is -2.38. The fraction of sp³-hybridized carbons (Fsp3) is 0.625. The summed E-state index contributed by atoms with van der Waals surface area (Å²) in [7, 11) is 0. The van der Waals surface area contributed by atoms with Crippen molar-refractivity contribution >= 4 is 0 Å². The zero-order chi connectivity index (χ0) is 12.5. The van der Waals surface area contributed by atoms with Gasteiger partial charge in [0, 0.05) is 18.5 Å². The van der Waals surface area contributed by atoms with E-state index in [2.05, 4.69) is 29.2 Å². The van der Waals surface area contributed by atoms with Gasteiger partial charge in [-0.25, -0.2) is 0 Å². The lowest BCUT2D eigenvalue weighted by molar-refractivity contribution is 0.129. The number of nitrogens with zero attached hydrogens (tertiary/aromatic N) is 1. The summed E-state index contributed by atoms with van der Waals surface area (Å²) in [6, 6.07) is 9.44. The molecule has 1 aliphatic carbocycles. The SMILES string of the molecule is CC(O)CC1CCCN1CC1Cc2ccccc21. The third-order valence-corrected chi connectivity index (χ3v) is 4.53. The smallest absolute Gasteiger partial charge is 0.0527 e. The molecular formula is C16H23NO. The van der Waals surface area contributed by atoms with Gasteiger partial charge in [0.25, 0.3) is 0 Å². The van der Waals surface area contributed by atoms with Gasteiger partial charge < -0.3 is 5.11 Å². The minimum atomic E-state index is -0.163. The van der Waals surface area contributed by atoms with Gasteiger partial charge in [-0.05, 0) is 50.3 Å². The number of benzene rings is 1. The van der Waals surface area contributed by atoms with Crippen LogP contribution in [-0.4, -0.2) is 35.2 Å². The van der Waals surface area contributed by atoms with Crippen LogP contribution in [0.2, 0.25) is 0 Å². The van der Waals surface area contributed by atoms with Crippen LogP contribution in [0.15, 0.2) is 24.3 Å². The van der Waals surface area contributed by atoms with E-state index in [9.17, 15) is 5.11 Å². The number of fused-ring (bicyclic) bond motifs is 1. The first-order chi connectivity index (χ1) is 8.74.